The van der Waals surface area contributed by atoms with Crippen LogP contribution < -0.4 is 10.2 Å². The van der Waals surface area contributed by atoms with Crippen molar-refractivity contribution < 1.29 is 36.7 Å². The van der Waals surface area contributed by atoms with E-state index in [1.54, 1.807) is 18.2 Å². The molecule has 7 nitrogen and oxygen atoms in total. The topological polar surface area (TPSA) is 102 Å². The molecule has 0 aliphatic heterocycles. The van der Waals surface area contributed by atoms with Gasteiger partial charge in [0.2, 0.25) is 5.91 Å². The second-order valence-electron chi connectivity index (χ2n) is 8.71. The van der Waals surface area contributed by atoms with Gasteiger partial charge in [0.05, 0.1) is 17.3 Å². The quantitative estimate of drug-likeness (QED) is 0.156. The van der Waals surface area contributed by atoms with Crippen LogP contribution in [0.25, 0.3) is 11.1 Å². The Hall–Kier alpha value is -3.34. The first kappa shape index (κ1) is 29.2. The molecule has 0 aliphatic rings. The van der Waals surface area contributed by atoms with Gasteiger partial charge in [-0.05, 0) is 78.8 Å². The predicted molar refractivity (Wildman–Crippen MR) is 139 cm³/mol. The SMILES string of the molecule is O=C(CCCOCCCS(=O)(=O)c1ccc(OCCCc2cccc(-c3cc(F)cc(F)c3)c2)cc1)NO. The van der Waals surface area contributed by atoms with Gasteiger partial charge in [-0.25, -0.2) is 22.7 Å². The summed E-state index contributed by atoms with van der Waals surface area (Å²) in [5, 5.41) is 8.41. The van der Waals surface area contributed by atoms with Gasteiger partial charge in [0.15, 0.2) is 9.84 Å². The molecule has 38 heavy (non-hydrogen) atoms. The number of amides is 1. The van der Waals surface area contributed by atoms with Gasteiger partial charge < -0.3 is 9.47 Å². The lowest BCUT2D eigenvalue weighted by Crippen LogP contribution is -2.18. The highest BCUT2D eigenvalue weighted by atomic mass is 32.2. The number of ether oxygens (including phenoxy) is 2. The monoisotopic (exact) mass is 547 g/mol. The summed E-state index contributed by atoms with van der Waals surface area (Å²) in [6.45, 7) is 0.976. The molecular formula is C28H31F2NO6S. The van der Waals surface area contributed by atoms with Crippen LogP contribution in [0.4, 0.5) is 8.78 Å². The number of benzene rings is 3. The molecule has 3 aromatic rings. The van der Waals surface area contributed by atoms with E-state index < -0.39 is 27.4 Å². The van der Waals surface area contributed by atoms with Crippen molar-refractivity contribution in [1.82, 2.24) is 5.48 Å². The van der Waals surface area contributed by atoms with E-state index in [1.165, 1.54) is 29.7 Å². The molecule has 0 aromatic heterocycles. The Morgan fingerprint density at radius 2 is 1.55 bits per heavy atom. The Kier molecular flexibility index (Phi) is 11.2. The van der Waals surface area contributed by atoms with Crippen molar-refractivity contribution in [2.45, 2.75) is 37.0 Å². The molecular weight excluding hydrogens is 516 g/mol. The average molecular weight is 548 g/mol. The zero-order chi connectivity index (χ0) is 27.4. The average Bonchev–Trinajstić information content (AvgIpc) is 2.90. The summed E-state index contributed by atoms with van der Waals surface area (Å²) < 4.78 is 63.2. The van der Waals surface area contributed by atoms with Crippen LogP contribution in [0.5, 0.6) is 5.75 Å². The zero-order valence-corrected chi connectivity index (χ0v) is 21.7. The molecule has 0 unspecified atom stereocenters. The molecule has 204 valence electrons. The van der Waals surface area contributed by atoms with E-state index in [0.717, 1.165) is 17.2 Å². The van der Waals surface area contributed by atoms with Gasteiger partial charge in [0, 0.05) is 25.7 Å². The van der Waals surface area contributed by atoms with Crippen LogP contribution in [0.1, 0.15) is 31.2 Å². The van der Waals surface area contributed by atoms with Crippen LogP contribution in [-0.4, -0.2) is 45.1 Å². The molecule has 3 aromatic carbocycles. The van der Waals surface area contributed by atoms with Crippen molar-refractivity contribution in [3.05, 3.63) is 83.9 Å². The number of carbonyl (C=O) groups is 1. The minimum atomic E-state index is -3.46. The molecule has 0 saturated heterocycles. The fourth-order valence-corrected chi connectivity index (χ4v) is 5.08. The number of carbonyl (C=O) groups excluding carboxylic acids is 1. The van der Waals surface area contributed by atoms with Crippen LogP contribution in [0.2, 0.25) is 0 Å². The van der Waals surface area contributed by atoms with Crippen LogP contribution in [0.15, 0.2) is 71.6 Å². The molecule has 0 saturated carbocycles. The third-order valence-corrected chi connectivity index (χ3v) is 7.52. The Labute approximate surface area is 221 Å². The molecule has 0 heterocycles. The maximum Gasteiger partial charge on any atom is 0.243 e. The molecule has 2 N–H and O–H groups in total. The molecule has 0 atom stereocenters. The number of aryl methyl sites for hydroxylation is 1. The van der Waals surface area contributed by atoms with Crippen molar-refractivity contribution in [2.75, 3.05) is 25.6 Å². The first-order valence-corrected chi connectivity index (χ1v) is 13.9. The maximum absolute atomic E-state index is 13.5. The van der Waals surface area contributed by atoms with Gasteiger partial charge in [0.25, 0.3) is 0 Å². The van der Waals surface area contributed by atoms with Crippen molar-refractivity contribution in [3.63, 3.8) is 0 Å². The van der Waals surface area contributed by atoms with Gasteiger partial charge >= 0.3 is 0 Å². The number of sulfone groups is 1. The summed E-state index contributed by atoms with van der Waals surface area (Å²) in [7, 11) is -3.46. The zero-order valence-electron chi connectivity index (χ0n) is 20.9. The lowest BCUT2D eigenvalue weighted by molar-refractivity contribution is -0.129. The largest absolute Gasteiger partial charge is 0.494 e. The van der Waals surface area contributed by atoms with Crippen molar-refractivity contribution >= 4 is 15.7 Å². The number of hydroxylamine groups is 1. The number of halogens is 2. The second kappa shape index (κ2) is 14.6. The lowest BCUT2D eigenvalue weighted by atomic mass is 10.0. The van der Waals surface area contributed by atoms with E-state index in [9.17, 15) is 22.0 Å². The van der Waals surface area contributed by atoms with E-state index in [-0.39, 0.29) is 23.7 Å². The normalized spacial score (nSPS) is 11.3. The first-order valence-electron chi connectivity index (χ1n) is 12.3. The summed E-state index contributed by atoms with van der Waals surface area (Å²) in [6.07, 6.45) is 2.29. The van der Waals surface area contributed by atoms with Crippen LogP contribution in [0.3, 0.4) is 0 Å². The van der Waals surface area contributed by atoms with E-state index in [1.807, 2.05) is 18.2 Å². The predicted octanol–water partition coefficient (Wildman–Crippen LogP) is 5.11. The van der Waals surface area contributed by atoms with E-state index >= 15 is 0 Å². The third-order valence-electron chi connectivity index (χ3n) is 5.70. The third kappa shape index (κ3) is 9.51. The highest BCUT2D eigenvalue weighted by Gasteiger charge is 2.14. The van der Waals surface area contributed by atoms with Crippen LogP contribution in [-0.2, 0) is 25.8 Å². The number of hydrogen-bond acceptors (Lipinski definition) is 6. The number of nitrogens with one attached hydrogen (secondary N) is 1. The number of rotatable bonds is 15. The smallest absolute Gasteiger partial charge is 0.243 e. The standard InChI is InChI=1S/C28H31F2NO6S/c29-24-18-23(19-25(30)20-24)22-7-1-5-21(17-22)6-2-15-37-26-9-11-27(12-10-26)38(34,35)16-4-14-36-13-3-8-28(32)31-33/h1,5,7,9-12,17-20,33H,2-4,6,8,13-16H2,(H,31,32). The Morgan fingerprint density at radius 3 is 2.26 bits per heavy atom. The van der Waals surface area contributed by atoms with Crippen LogP contribution >= 0.6 is 0 Å². The van der Waals surface area contributed by atoms with Crippen molar-refractivity contribution in [1.29, 1.82) is 0 Å². The van der Waals surface area contributed by atoms with Gasteiger partial charge in [0.1, 0.15) is 17.4 Å². The van der Waals surface area contributed by atoms with Gasteiger partial charge in [-0.2, -0.15) is 0 Å². The van der Waals surface area contributed by atoms with E-state index in [2.05, 4.69) is 0 Å². The molecule has 0 spiro atoms. The molecule has 0 radical (unpaired) electrons. The van der Waals surface area contributed by atoms with Gasteiger partial charge in [-0.3, -0.25) is 10.0 Å². The molecule has 3 rings (SSSR count). The molecule has 0 bridgehead atoms. The summed E-state index contributed by atoms with van der Waals surface area (Å²) in [4.78, 5) is 11.1. The second-order valence-corrected chi connectivity index (χ2v) is 10.8. The van der Waals surface area contributed by atoms with Gasteiger partial charge in [-0.15, -0.1) is 0 Å². The highest BCUT2D eigenvalue weighted by molar-refractivity contribution is 7.91. The highest BCUT2D eigenvalue weighted by Crippen LogP contribution is 2.23. The minimum absolute atomic E-state index is 0.0638. The molecule has 0 fully saturated rings. The Morgan fingerprint density at radius 1 is 0.842 bits per heavy atom. The van der Waals surface area contributed by atoms with Gasteiger partial charge in [-0.1, -0.05) is 24.3 Å². The Balaban J connectivity index is 1.39. The summed E-state index contributed by atoms with van der Waals surface area (Å²) in [6, 6.07) is 17.2. The Bertz CT molecular complexity index is 1280. The van der Waals surface area contributed by atoms with Crippen LogP contribution in [0, 0.1) is 11.6 Å². The fourth-order valence-electron chi connectivity index (χ4n) is 3.80. The maximum atomic E-state index is 13.5. The van der Waals surface area contributed by atoms with Crippen molar-refractivity contribution in [2.24, 2.45) is 0 Å². The molecule has 1 amide bonds. The van der Waals surface area contributed by atoms with E-state index in [0.29, 0.717) is 50.2 Å². The molecule has 0 aliphatic carbocycles. The molecule has 10 heteroatoms. The minimum Gasteiger partial charge on any atom is -0.494 e. The first-order chi connectivity index (χ1) is 18.3. The summed E-state index contributed by atoms with van der Waals surface area (Å²) in [5.41, 5.74) is 3.76. The van der Waals surface area contributed by atoms with E-state index in [4.69, 9.17) is 14.7 Å². The lowest BCUT2D eigenvalue weighted by Gasteiger charge is -2.09. The van der Waals surface area contributed by atoms with Crippen molar-refractivity contribution in [3.8, 4) is 16.9 Å². The fraction of sp³-hybridized carbons (Fsp3) is 0.321. The number of hydrogen-bond donors (Lipinski definition) is 2. The summed E-state index contributed by atoms with van der Waals surface area (Å²) >= 11 is 0. The summed E-state index contributed by atoms with van der Waals surface area (Å²) in [5.74, 6) is -1.24.